The number of likely N-dealkylation sites (tertiary alicyclic amines) is 1. The van der Waals surface area contributed by atoms with Gasteiger partial charge in [0.25, 0.3) is 11.8 Å². The minimum atomic E-state index is -1.21. The Bertz CT molecular complexity index is 1590. The maximum absolute atomic E-state index is 17.2. The van der Waals surface area contributed by atoms with E-state index in [0.717, 1.165) is 29.7 Å². The number of carbonyl (C=O) groups is 2. The zero-order valence-corrected chi connectivity index (χ0v) is 23.3. The molecule has 5 atom stereocenters. The molecular formula is C35H32FN2O4. The molecule has 0 aromatic heterocycles. The van der Waals surface area contributed by atoms with Gasteiger partial charge in [0, 0.05) is 30.6 Å². The lowest BCUT2D eigenvalue weighted by atomic mass is 9.50. The zero-order chi connectivity index (χ0) is 28.2. The molecule has 6 aliphatic rings. The average Bonchev–Trinajstić information content (AvgIpc) is 3.70. The maximum Gasteiger partial charge on any atom is 0.261 e. The summed E-state index contributed by atoms with van der Waals surface area (Å²) in [6.07, 6.45) is 2.59. The predicted molar refractivity (Wildman–Crippen MR) is 153 cm³/mol. The Labute approximate surface area is 244 Å². The van der Waals surface area contributed by atoms with Gasteiger partial charge in [-0.1, -0.05) is 48.5 Å². The van der Waals surface area contributed by atoms with E-state index in [1.165, 1.54) is 23.7 Å². The van der Waals surface area contributed by atoms with Crippen LogP contribution >= 0.6 is 0 Å². The summed E-state index contributed by atoms with van der Waals surface area (Å²) < 4.78 is 30.4. The van der Waals surface area contributed by atoms with Gasteiger partial charge in [-0.2, -0.15) is 0 Å². The fourth-order valence-electron chi connectivity index (χ4n) is 8.69. The van der Waals surface area contributed by atoms with Crippen LogP contribution in [0.5, 0.6) is 11.5 Å². The molecule has 0 unspecified atom stereocenters. The van der Waals surface area contributed by atoms with Crippen LogP contribution in [0.4, 0.5) is 4.39 Å². The number of ether oxygens (including phenoxy) is 2. The van der Waals surface area contributed by atoms with Crippen molar-refractivity contribution in [2.24, 2.45) is 5.92 Å². The molecule has 2 bridgehead atoms. The first-order valence-corrected chi connectivity index (χ1v) is 15.3. The highest BCUT2D eigenvalue weighted by molar-refractivity contribution is 6.21. The molecule has 6 nitrogen and oxygen atoms in total. The van der Waals surface area contributed by atoms with E-state index in [1.54, 1.807) is 24.3 Å². The van der Waals surface area contributed by atoms with E-state index in [1.807, 2.05) is 36.4 Å². The van der Waals surface area contributed by atoms with Crippen LogP contribution in [0.1, 0.15) is 63.1 Å². The minimum absolute atomic E-state index is 0.140. The maximum atomic E-state index is 17.2. The van der Waals surface area contributed by atoms with E-state index in [4.69, 9.17) is 9.47 Å². The number of amides is 2. The van der Waals surface area contributed by atoms with Gasteiger partial charge in [0.2, 0.25) is 0 Å². The first-order valence-electron chi connectivity index (χ1n) is 15.3. The molecule has 1 spiro atoms. The first-order chi connectivity index (χ1) is 20.6. The van der Waals surface area contributed by atoms with Crippen LogP contribution < -0.4 is 9.47 Å². The lowest BCUT2D eigenvalue weighted by Gasteiger charge is -2.60. The van der Waals surface area contributed by atoms with Crippen molar-refractivity contribution in [1.29, 1.82) is 0 Å². The molecule has 1 radical (unpaired) electrons. The third-order valence-electron chi connectivity index (χ3n) is 10.6. The van der Waals surface area contributed by atoms with Crippen molar-refractivity contribution in [1.82, 2.24) is 9.80 Å². The summed E-state index contributed by atoms with van der Waals surface area (Å²) in [6, 6.07) is 20.5. The van der Waals surface area contributed by atoms with Gasteiger partial charge in [0.15, 0.2) is 11.5 Å². The van der Waals surface area contributed by atoms with Crippen LogP contribution in [0.25, 0.3) is 0 Å². The second-order valence-corrected chi connectivity index (χ2v) is 12.9. The number of hydrogen-bond acceptors (Lipinski definition) is 5. The van der Waals surface area contributed by atoms with E-state index in [-0.39, 0.29) is 17.9 Å². The average molecular weight is 564 g/mol. The Morgan fingerprint density at radius 1 is 0.929 bits per heavy atom. The molecule has 7 heteroatoms. The van der Waals surface area contributed by atoms with Crippen molar-refractivity contribution in [3.05, 3.63) is 100 Å². The van der Waals surface area contributed by atoms with E-state index < -0.39 is 23.7 Å². The molecule has 2 amide bonds. The van der Waals surface area contributed by atoms with E-state index >= 15 is 4.39 Å². The van der Waals surface area contributed by atoms with Gasteiger partial charge >= 0.3 is 0 Å². The third-order valence-corrected chi connectivity index (χ3v) is 10.6. The Morgan fingerprint density at radius 2 is 1.67 bits per heavy atom. The van der Waals surface area contributed by atoms with Crippen LogP contribution in [0.2, 0.25) is 0 Å². The van der Waals surface area contributed by atoms with Crippen molar-refractivity contribution in [3.63, 3.8) is 0 Å². The van der Waals surface area contributed by atoms with Gasteiger partial charge in [0.1, 0.15) is 18.9 Å². The lowest BCUT2D eigenvalue weighted by Crippen LogP contribution is -2.72. The lowest BCUT2D eigenvalue weighted by molar-refractivity contribution is -0.0572. The molecular weight excluding hydrogens is 531 g/mol. The Balaban J connectivity index is 1.16. The normalized spacial score (nSPS) is 31.1. The number of piperidine rings is 1. The minimum Gasteiger partial charge on any atom is -0.485 e. The number of hydrogen-bond donors (Lipinski definition) is 0. The summed E-state index contributed by atoms with van der Waals surface area (Å²) >= 11 is 0. The molecule has 0 N–H and O–H groups in total. The highest BCUT2D eigenvalue weighted by Crippen LogP contribution is 2.66. The van der Waals surface area contributed by atoms with Crippen molar-refractivity contribution in [3.8, 4) is 11.5 Å². The number of fused-ring (bicyclic) bond motifs is 1. The van der Waals surface area contributed by atoms with E-state index in [9.17, 15) is 9.59 Å². The molecule has 3 aliphatic carbocycles. The fourth-order valence-corrected chi connectivity index (χ4v) is 8.69. The summed E-state index contributed by atoms with van der Waals surface area (Å²) in [5, 5.41) is 0. The number of rotatable bonds is 6. The molecule has 3 aliphatic heterocycles. The third kappa shape index (κ3) is 3.29. The zero-order valence-electron chi connectivity index (χ0n) is 23.3. The van der Waals surface area contributed by atoms with Gasteiger partial charge in [-0.15, -0.1) is 0 Å². The van der Waals surface area contributed by atoms with Crippen molar-refractivity contribution < 1.29 is 23.5 Å². The SMILES string of the molecule is O=C1c2ccccc2C(=O)N1[C@@H]1CC[C]2[C@H]3Cc4ccc(OCc5ccccc5)c5c4[C@]2([C@@H](F)CN3CC2CC2)[C@H]1O5. The largest absolute Gasteiger partial charge is 0.485 e. The number of benzene rings is 3. The Kier molecular flexibility index (Phi) is 5.26. The highest BCUT2D eigenvalue weighted by atomic mass is 19.1. The summed E-state index contributed by atoms with van der Waals surface area (Å²) in [4.78, 5) is 31.2. The van der Waals surface area contributed by atoms with Crippen molar-refractivity contribution in [2.45, 2.75) is 68.5 Å². The number of alkyl halides is 1. The molecule has 1 saturated heterocycles. The molecule has 3 fully saturated rings. The van der Waals surface area contributed by atoms with E-state index in [2.05, 4.69) is 11.0 Å². The second kappa shape index (κ2) is 8.90. The van der Waals surface area contributed by atoms with Gasteiger partial charge in [-0.3, -0.25) is 19.4 Å². The number of imide groups is 1. The van der Waals surface area contributed by atoms with E-state index in [0.29, 0.717) is 54.5 Å². The molecule has 3 aromatic rings. The van der Waals surface area contributed by atoms with Gasteiger partial charge in [-0.05, 0) is 67.3 Å². The van der Waals surface area contributed by atoms with Gasteiger partial charge in [-0.25, -0.2) is 4.39 Å². The first kappa shape index (κ1) is 24.8. The van der Waals surface area contributed by atoms with Gasteiger partial charge < -0.3 is 9.47 Å². The van der Waals surface area contributed by atoms with Crippen molar-refractivity contribution in [2.75, 3.05) is 13.1 Å². The van der Waals surface area contributed by atoms with Crippen molar-refractivity contribution >= 4 is 11.8 Å². The Morgan fingerprint density at radius 3 is 2.40 bits per heavy atom. The number of nitrogens with zero attached hydrogens (tertiary/aromatic N) is 2. The van der Waals surface area contributed by atoms with Crippen LogP contribution in [0.3, 0.4) is 0 Å². The predicted octanol–water partition coefficient (Wildman–Crippen LogP) is 5.29. The second-order valence-electron chi connectivity index (χ2n) is 12.9. The molecule has 9 rings (SSSR count). The van der Waals surface area contributed by atoms with Gasteiger partial charge in [0.05, 0.1) is 22.6 Å². The molecule has 42 heavy (non-hydrogen) atoms. The topological polar surface area (TPSA) is 59.1 Å². The highest BCUT2D eigenvalue weighted by Gasteiger charge is 2.72. The van der Waals surface area contributed by atoms with Crippen LogP contribution in [-0.2, 0) is 18.4 Å². The summed E-state index contributed by atoms with van der Waals surface area (Å²) in [5.41, 5.74) is 2.84. The molecule has 213 valence electrons. The number of halogens is 1. The Hall–Kier alpha value is -3.71. The quantitative estimate of drug-likeness (QED) is 0.382. The molecule has 3 aromatic carbocycles. The molecule has 2 saturated carbocycles. The fraction of sp³-hybridized carbons (Fsp3) is 0.400. The van der Waals surface area contributed by atoms with Crippen LogP contribution in [0, 0.1) is 11.8 Å². The standard InChI is InChI=1S/C35H32FN2O4/c36-29-18-37(17-20-10-11-20)27-16-22-12-15-28(41-19-21-6-2-1-3-7-21)31-30(22)35(29)25(27)13-14-26(32(35)42-31)38-33(39)23-8-4-5-9-24(23)34(38)40/h1-9,12,15,20,26-27,29,32H,10-11,13-14,16-19H2/t26-,27-,29+,32+,35+/m1/s1. The number of carbonyl (C=O) groups excluding carboxylic acids is 2. The molecule has 3 heterocycles. The van der Waals surface area contributed by atoms with Crippen LogP contribution in [-0.4, -0.2) is 59.1 Å². The summed E-state index contributed by atoms with van der Waals surface area (Å²) in [5.74, 6) is 2.40. The smallest absolute Gasteiger partial charge is 0.261 e. The monoisotopic (exact) mass is 563 g/mol. The summed E-state index contributed by atoms with van der Waals surface area (Å²) in [7, 11) is 0. The van der Waals surface area contributed by atoms with Crippen LogP contribution in [0.15, 0.2) is 66.7 Å². The summed E-state index contributed by atoms with van der Waals surface area (Å²) in [6.45, 7) is 1.63.